The molecule has 18 heavy (non-hydrogen) atoms. The SMILES string of the molecule is CS(=O)(=O)CCCNC(=O)c1cc(Br)cnc1Cl. The highest BCUT2D eigenvalue weighted by Gasteiger charge is 2.11. The second-order valence-electron chi connectivity index (χ2n) is 3.73. The smallest absolute Gasteiger partial charge is 0.254 e. The molecule has 5 nitrogen and oxygen atoms in total. The van der Waals surface area contributed by atoms with Gasteiger partial charge in [-0.15, -0.1) is 0 Å². The van der Waals surface area contributed by atoms with Crippen LogP contribution in [-0.4, -0.2) is 37.9 Å². The molecule has 0 aliphatic rings. The van der Waals surface area contributed by atoms with Gasteiger partial charge in [-0.3, -0.25) is 4.79 Å². The quantitative estimate of drug-likeness (QED) is 0.644. The number of rotatable bonds is 5. The molecule has 1 N–H and O–H groups in total. The zero-order valence-electron chi connectivity index (χ0n) is 9.61. The fourth-order valence-corrected chi connectivity index (χ4v) is 2.40. The summed E-state index contributed by atoms with van der Waals surface area (Å²) in [5, 5.41) is 2.70. The summed E-state index contributed by atoms with van der Waals surface area (Å²) in [7, 11) is -3.00. The number of nitrogens with one attached hydrogen (secondary N) is 1. The number of aromatic nitrogens is 1. The first-order chi connectivity index (χ1) is 8.29. The number of hydrogen-bond acceptors (Lipinski definition) is 4. The van der Waals surface area contributed by atoms with Crippen molar-refractivity contribution in [3.63, 3.8) is 0 Å². The third-order valence-corrected chi connectivity index (χ3v) is 3.79. The van der Waals surface area contributed by atoms with Gasteiger partial charge in [0.2, 0.25) is 0 Å². The Labute approximate surface area is 119 Å². The van der Waals surface area contributed by atoms with Gasteiger partial charge < -0.3 is 5.32 Å². The first kappa shape index (κ1) is 15.4. The van der Waals surface area contributed by atoms with Crippen molar-refractivity contribution < 1.29 is 13.2 Å². The summed E-state index contributed by atoms with van der Waals surface area (Å²) in [6, 6.07) is 1.56. The number of nitrogens with zero attached hydrogens (tertiary/aromatic N) is 1. The van der Waals surface area contributed by atoms with Gasteiger partial charge in [0.05, 0.1) is 11.3 Å². The third kappa shape index (κ3) is 5.32. The molecule has 1 amide bonds. The Bertz CT molecular complexity index is 548. The number of pyridine rings is 1. The van der Waals surface area contributed by atoms with Crippen molar-refractivity contribution in [1.29, 1.82) is 0 Å². The van der Waals surface area contributed by atoms with Crippen LogP contribution in [0.5, 0.6) is 0 Å². The topological polar surface area (TPSA) is 76.1 Å². The van der Waals surface area contributed by atoms with Crippen LogP contribution in [0.15, 0.2) is 16.7 Å². The lowest BCUT2D eigenvalue weighted by molar-refractivity contribution is 0.0953. The van der Waals surface area contributed by atoms with E-state index in [9.17, 15) is 13.2 Å². The van der Waals surface area contributed by atoms with Crippen molar-refractivity contribution in [1.82, 2.24) is 10.3 Å². The molecule has 1 heterocycles. The van der Waals surface area contributed by atoms with Crippen LogP contribution in [-0.2, 0) is 9.84 Å². The Balaban J connectivity index is 2.53. The molecule has 1 aromatic rings. The predicted molar refractivity (Wildman–Crippen MR) is 73.6 cm³/mol. The minimum absolute atomic E-state index is 0.0394. The van der Waals surface area contributed by atoms with E-state index in [0.717, 1.165) is 6.26 Å². The van der Waals surface area contributed by atoms with Crippen LogP contribution in [0.1, 0.15) is 16.8 Å². The molecule has 1 rings (SSSR count). The molecule has 0 spiro atoms. The van der Waals surface area contributed by atoms with Crippen LogP contribution in [0.4, 0.5) is 0 Å². The summed E-state index contributed by atoms with van der Waals surface area (Å²) >= 11 is 8.98. The van der Waals surface area contributed by atoms with Gasteiger partial charge in [0.25, 0.3) is 5.91 Å². The zero-order valence-corrected chi connectivity index (χ0v) is 12.8. The maximum absolute atomic E-state index is 11.7. The highest BCUT2D eigenvalue weighted by atomic mass is 79.9. The Morgan fingerprint density at radius 3 is 2.83 bits per heavy atom. The number of halogens is 2. The summed E-state index contributed by atoms with van der Waals surface area (Å²) in [6.07, 6.45) is 3.01. The van der Waals surface area contributed by atoms with Crippen LogP contribution >= 0.6 is 27.5 Å². The van der Waals surface area contributed by atoms with Crippen molar-refractivity contribution in [2.24, 2.45) is 0 Å². The molecule has 0 aliphatic carbocycles. The lowest BCUT2D eigenvalue weighted by Gasteiger charge is -2.06. The molecule has 0 saturated heterocycles. The molecule has 0 radical (unpaired) electrons. The molecule has 0 aromatic carbocycles. The summed E-state index contributed by atoms with van der Waals surface area (Å²) in [4.78, 5) is 15.6. The van der Waals surface area contributed by atoms with Crippen molar-refractivity contribution in [2.75, 3.05) is 18.6 Å². The van der Waals surface area contributed by atoms with Crippen LogP contribution in [0.25, 0.3) is 0 Å². The van der Waals surface area contributed by atoms with Crippen LogP contribution < -0.4 is 5.32 Å². The average molecular weight is 356 g/mol. The van der Waals surface area contributed by atoms with Crippen LogP contribution in [0.2, 0.25) is 5.15 Å². The lowest BCUT2D eigenvalue weighted by atomic mass is 10.2. The molecule has 8 heteroatoms. The fourth-order valence-electron chi connectivity index (χ4n) is 1.21. The van der Waals surface area contributed by atoms with Gasteiger partial charge >= 0.3 is 0 Å². The molecule has 0 atom stereocenters. The Hall–Kier alpha value is -0.660. The first-order valence-corrected chi connectivity index (χ1v) is 8.30. The first-order valence-electron chi connectivity index (χ1n) is 5.06. The Kier molecular flexibility index (Phi) is 5.55. The van der Waals surface area contributed by atoms with Gasteiger partial charge in [-0.25, -0.2) is 13.4 Å². The predicted octanol–water partition coefficient (Wildman–Crippen LogP) is 1.66. The van der Waals surface area contributed by atoms with E-state index in [1.54, 1.807) is 6.07 Å². The molecule has 0 unspecified atom stereocenters. The van der Waals surface area contributed by atoms with E-state index in [0.29, 0.717) is 10.9 Å². The molecule has 0 fully saturated rings. The van der Waals surface area contributed by atoms with Gasteiger partial charge in [-0.2, -0.15) is 0 Å². The van der Waals surface area contributed by atoms with E-state index in [1.807, 2.05) is 0 Å². The summed E-state index contributed by atoms with van der Waals surface area (Å²) in [6.45, 7) is 0.273. The van der Waals surface area contributed by atoms with E-state index in [2.05, 4.69) is 26.2 Å². The number of carbonyl (C=O) groups excluding carboxylic acids is 1. The summed E-state index contributed by atoms with van der Waals surface area (Å²) in [5.41, 5.74) is 0.255. The third-order valence-electron chi connectivity index (χ3n) is 2.03. The highest BCUT2D eigenvalue weighted by molar-refractivity contribution is 9.10. The van der Waals surface area contributed by atoms with Crippen molar-refractivity contribution in [3.05, 3.63) is 27.5 Å². The van der Waals surface area contributed by atoms with Gasteiger partial charge in [0.1, 0.15) is 15.0 Å². The molecule has 0 aliphatic heterocycles. The summed E-state index contributed by atoms with van der Waals surface area (Å²) < 4.78 is 22.4. The lowest BCUT2D eigenvalue weighted by Crippen LogP contribution is -2.26. The van der Waals surface area contributed by atoms with Gasteiger partial charge in [-0.05, 0) is 28.4 Å². The van der Waals surface area contributed by atoms with E-state index in [-0.39, 0.29) is 28.9 Å². The molecule has 0 bridgehead atoms. The van der Waals surface area contributed by atoms with Gasteiger partial charge in [-0.1, -0.05) is 11.6 Å². The second-order valence-corrected chi connectivity index (χ2v) is 7.26. The Morgan fingerprint density at radius 2 is 2.22 bits per heavy atom. The van der Waals surface area contributed by atoms with E-state index < -0.39 is 9.84 Å². The second kappa shape index (κ2) is 6.49. The van der Waals surface area contributed by atoms with Crippen LogP contribution in [0, 0.1) is 0 Å². The maximum atomic E-state index is 11.7. The Morgan fingerprint density at radius 1 is 1.56 bits per heavy atom. The standard InChI is InChI=1S/C10H12BrClN2O3S/c1-18(16,17)4-2-3-13-10(15)8-5-7(11)6-14-9(8)12/h5-6H,2-4H2,1H3,(H,13,15). The van der Waals surface area contributed by atoms with Crippen molar-refractivity contribution >= 4 is 43.3 Å². The van der Waals surface area contributed by atoms with Crippen LogP contribution in [0.3, 0.4) is 0 Å². The van der Waals surface area contributed by atoms with Gasteiger partial charge in [0.15, 0.2) is 0 Å². The monoisotopic (exact) mass is 354 g/mol. The largest absolute Gasteiger partial charge is 0.352 e. The number of hydrogen-bond donors (Lipinski definition) is 1. The van der Waals surface area contributed by atoms with E-state index in [1.165, 1.54) is 6.20 Å². The van der Waals surface area contributed by atoms with Gasteiger partial charge in [0, 0.05) is 23.5 Å². The van der Waals surface area contributed by atoms with E-state index >= 15 is 0 Å². The summed E-state index contributed by atoms with van der Waals surface area (Å²) in [5.74, 6) is -0.333. The average Bonchev–Trinajstić information content (AvgIpc) is 2.26. The van der Waals surface area contributed by atoms with Crippen molar-refractivity contribution in [3.8, 4) is 0 Å². The normalized spacial score (nSPS) is 11.3. The maximum Gasteiger partial charge on any atom is 0.254 e. The minimum atomic E-state index is -3.00. The fraction of sp³-hybridized carbons (Fsp3) is 0.400. The minimum Gasteiger partial charge on any atom is -0.352 e. The molecule has 1 aromatic heterocycles. The molecule has 0 saturated carbocycles. The number of carbonyl (C=O) groups is 1. The molecular weight excluding hydrogens is 344 g/mol. The number of sulfone groups is 1. The zero-order chi connectivity index (χ0) is 13.8. The molecule has 100 valence electrons. The highest BCUT2D eigenvalue weighted by Crippen LogP contribution is 2.17. The van der Waals surface area contributed by atoms with E-state index in [4.69, 9.17) is 11.6 Å². The number of amides is 1. The molecular formula is C10H12BrClN2O3S. The van der Waals surface area contributed by atoms with Crippen molar-refractivity contribution in [2.45, 2.75) is 6.42 Å².